The van der Waals surface area contributed by atoms with Crippen LogP contribution in [0.1, 0.15) is 46.3 Å². The summed E-state index contributed by atoms with van der Waals surface area (Å²) in [5.41, 5.74) is 6.16. The van der Waals surface area contributed by atoms with Gasteiger partial charge in [0.15, 0.2) is 0 Å². The topological polar surface area (TPSA) is 59.1 Å². The highest BCUT2D eigenvalue weighted by molar-refractivity contribution is 9.10. The predicted octanol–water partition coefficient (Wildman–Crippen LogP) is 6.77. The van der Waals surface area contributed by atoms with Crippen LogP contribution in [0.15, 0.2) is 77.3 Å². The molecule has 0 aliphatic carbocycles. The number of hydrogen-bond acceptors (Lipinski definition) is 3. The fourth-order valence-electron chi connectivity index (χ4n) is 4.30. The number of Topliss-reactive ketones (excluding diaryl/α,β-unsaturated/α-hetero) is 1. The zero-order valence-electron chi connectivity index (χ0n) is 19.6. The largest absolute Gasteiger partial charge is 0.351 e. The lowest BCUT2D eigenvalue weighted by molar-refractivity contribution is -0.117. The molecule has 0 bridgehead atoms. The molecule has 0 aliphatic heterocycles. The van der Waals surface area contributed by atoms with Gasteiger partial charge in [0.25, 0.3) is 5.91 Å². The molecule has 4 rings (SSSR count). The van der Waals surface area contributed by atoms with E-state index in [-0.39, 0.29) is 17.6 Å². The molecule has 0 saturated carbocycles. The first-order chi connectivity index (χ1) is 16.3. The summed E-state index contributed by atoms with van der Waals surface area (Å²) in [5, 5.41) is 3.91. The lowest BCUT2D eigenvalue weighted by Gasteiger charge is -2.19. The third-order valence-electron chi connectivity index (χ3n) is 6.06. The molecule has 0 aliphatic rings. The van der Waals surface area contributed by atoms with Crippen molar-refractivity contribution < 1.29 is 9.59 Å². The highest BCUT2D eigenvalue weighted by Crippen LogP contribution is 2.31. The first-order valence-corrected chi connectivity index (χ1v) is 12.1. The zero-order valence-corrected chi connectivity index (χ0v) is 21.1. The average molecular weight is 515 g/mol. The Hall–Kier alpha value is -3.31. The van der Waals surface area contributed by atoms with Crippen molar-refractivity contribution in [1.82, 2.24) is 10.3 Å². The molecular formula is C29H27BrN2O2. The minimum atomic E-state index is -0.166. The van der Waals surface area contributed by atoms with Crippen LogP contribution in [0.2, 0.25) is 0 Å². The van der Waals surface area contributed by atoms with E-state index < -0.39 is 0 Å². The lowest BCUT2D eigenvalue weighted by atomic mass is 9.92. The molecule has 0 saturated heterocycles. The highest BCUT2D eigenvalue weighted by Gasteiger charge is 2.21. The van der Waals surface area contributed by atoms with E-state index in [4.69, 9.17) is 4.98 Å². The molecule has 0 spiro atoms. The number of hydrogen-bond donors (Lipinski definition) is 1. The number of nitrogens with one attached hydrogen (secondary N) is 1. The van der Waals surface area contributed by atoms with Crippen LogP contribution < -0.4 is 5.32 Å². The molecular weight excluding hydrogens is 488 g/mol. The Balaban J connectivity index is 1.72. The molecule has 0 fully saturated rings. The molecule has 1 N–H and O–H groups in total. The van der Waals surface area contributed by atoms with Gasteiger partial charge in [0, 0.05) is 34.3 Å². The second kappa shape index (κ2) is 10.3. The van der Waals surface area contributed by atoms with Gasteiger partial charge in [0.1, 0.15) is 5.78 Å². The second-order valence-corrected chi connectivity index (χ2v) is 9.63. The van der Waals surface area contributed by atoms with Gasteiger partial charge in [-0.1, -0.05) is 76.1 Å². The van der Waals surface area contributed by atoms with Crippen LogP contribution in [0.5, 0.6) is 0 Å². The monoisotopic (exact) mass is 514 g/mol. The number of rotatable bonds is 7. The molecule has 4 aromatic rings. The Morgan fingerprint density at radius 3 is 2.35 bits per heavy atom. The Labute approximate surface area is 208 Å². The maximum Gasteiger partial charge on any atom is 0.252 e. The van der Waals surface area contributed by atoms with Crippen molar-refractivity contribution in [2.75, 3.05) is 6.54 Å². The first-order valence-electron chi connectivity index (χ1n) is 11.3. The number of halogens is 1. The summed E-state index contributed by atoms with van der Waals surface area (Å²) in [7, 11) is 0. The quantitative estimate of drug-likeness (QED) is 0.295. The maximum atomic E-state index is 13.6. The van der Waals surface area contributed by atoms with Gasteiger partial charge < -0.3 is 10.1 Å². The van der Waals surface area contributed by atoms with Crippen molar-refractivity contribution in [3.05, 3.63) is 99.5 Å². The molecule has 172 valence electrons. The Morgan fingerprint density at radius 1 is 0.971 bits per heavy atom. The number of carbonyl (C=O) groups excluding carboxylic acids is 2. The van der Waals surface area contributed by atoms with E-state index in [0.717, 1.165) is 43.3 Å². The van der Waals surface area contributed by atoms with Crippen LogP contribution in [0.3, 0.4) is 0 Å². The standard InChI is InChI=1S/C29H27BrN2O2/c1-18-9-11-21(12-10-18)23(15-19(2)33)17-31-29(34)27-20(3)28(22-7-5-4-6-8-22)32-26-14-13-24(30)16-25(26)27/h4-14,16,23H,15,17H2,1-3H3,(H,31,34). The Bertz CT molecular complexity index is 1350. The number of aromatic nitrogens is 1. The van der Waals surface area contributed by atoms with Crippen molar-refractivity contribution in [3.8, 4) is 11.3 Å². The van der Waals surface area contributed by atoms with Crippen LogP contribution >= 0.6 is 15.9 Å². The summed E-state index contributed by atoms with van der Waals surface area (Å²) in [5.74, 6) is -0.155. The SMILES string of the molecule is CC(=O)CC(CNC(=O)c1c(C)c(-c2ccccc2)nc2ccc(Br)cc12)c1ccc(C)cc1. The maximum absolute atomic E-state index is 13.6. The number of amides is 1. The summed E-state index contributed by atoms with van der Waals surface area (Å²) >= 11 is 3.53. The lowest BCUT2D eigenvalue weighted by Crippen LogP contribution is -2.30. The first kappa shape index (κ1) is 23.8. The van der Waals surface area contributed by atoms with Crippen LogP contribution in [0, 0.1) is 13.8 Å². The predicted molar refractivity (Wildman–Crippen MR) is 141 cm³/mol. The van der Waals surface area contributed by atoms with Gasteiger partial charge in [-0.3, -0.25) is 4.79 Å². The van der Waals surface area contributed by atoms with Gasteiger partial charge >= 0.3 is 0 Å². The zero-order chi connectivity index (χ0) is 24.2. The number of nitrogens with zero attached hydrogens (tertiary/aromatic N) is 1. The average Bonchev–Trinajstić information content (AvgIpc) is 2.82. The molecule has 1 unspecified atom stereocenters. The van der Waals surface area contributed by atoms with E-state index in [1.807, 2.05) is 86.6 Å². The number of fused-ring (bicyclic) bond motifs is 1. The fraction of sp³-hybridized carbons (Fsp3) is 0.207. The van der Waals surface area contributed by atoms with E-state index in [9.17, 15) is 9.59 Å². The number of ketones is 1. The van der Waals surface area contributed by atoms with E-state index in [1.165, 1.54) is 0 Å². The van der Waals surface area contributed by atoms with Gasteiger partial charge in [-0.15, -0.1) is 0 Å². The van der Waals surface area contributed by atoms with Crippen LogP contribution in [0.25, 0.3) is 22.2 Å². The van der Waals surface area contributed by atoms with Gasteiger partial charge in [0.05, 0.1) is 16.8 Å². The van der Waals surface area contributed by atoms with Gasteiger partial charge in [-0.2, -0.15) is 0 Å². The van der Waals surface area contributed by atoms with Crippen molar-refractivity contribution in [3.63, 3.8) is 0 Å². The fourth-order valence-corrected chi connectivity index (χ4v) is 4.66. The van der Waals surface area contributed by atoms with E-state index in [1.54, 1.807) is 6.92 Å². The smallest absolute Gasteiger partial charge is 0.252 e. The molecule has 3 aromatic carbocycles. The number of aryl methyl sites for hydroxylation is 1. The summed E-state index contributed by atoms with van der Waals surface area (Å²) < 4.78 is 0.886. The molecule has 1 amide bonds. The van der Waals surface area contributed by atoms with E-state index in [0.29, 0.717) is 18.5 Å². The Kier molecular flexibility index (Phi) is 7.23. The minimum absolute atomic E-state index is 0.0872. The van der Waals surface area contributed by atoms with Crippen molar-refractivity contribution >= 4 is 38.5 Å². The number of benzene rings is 3. The van der Waals surface area contributed by atoms with Gasteiger partial charge in [0.2, 0.25) is 0 Å². The molecule has 1 atom stereocenters. The van der Waals surface area contributed by atoms with Crippen molar-refractivity contribution in [2.45, 2.75) is 33.1 Å². The third-order valence-corrected chi connectivity index (χ3v) is 6.55. The van der Waals surface area contributed by atoms with Crippen LogP contribution in [-0.2, 0) is 4.79 Å². The summed E-state index contributed by atoms with van der Waals surface area (Å²) in [6.07, 6.45) is 0.375. The third kappa shape index (κ3) is 5.26. The molecule has 34 heavy (non-hydrogen) atoms. The molecule has 0 radical (unpaired) electrons. The molecule has 1 heterocycles. The molecule has 5 heteroatoms. The number of pyridine rings is 1. The Morgan fingerprint density at radius 2 is 1.68 bits per heavy atom. The second-order valence-electron chi connectivity index (χ2n) is 8.71. The van der Waals surface area contributed by atoms with Crippen molar-refractivity contribution in [2.24, 2.45) is 0 Å². The summed E-state index contributed by atoms with van der Waals surface area (Å²) in [6.45, 7) is 5.94. The van der Waals surface area contributed by atoms with Crippen LogP contribution in [0.4, 0.5) is 0 Å². The molecule has 4 nitrogen and oxygen atoms in total. The minimum Gasteiger partial charge on any atom is -0.351 e. The van der Waals surface area contributed by atoms with Crippen molar-refractivity contribution in [1.29, 1.82) is 0 Å². The van der Waals surface area contributed by atoms with Gasteiger partial charge in [-0.25, -0.2) is 4.98 Å². The van der Waals surface area contributed by atoms with Crippen LogP contribution in [-0.4, -0.2) is 23.2 Å². The van der Waals surface area contributed by atoms with Gasteiger partial charge in [-0.05, 0) is 50.1 Å². The number of carbonyl (C=O) groups is 2. The normalized spacial score (nSPS) is 11.9. The van der Waals surface area contributed by atoms with E-state index in [2.05, 4.69) is 21.2 Å². The summed E-state index contributed by atoms with van der Waals surface area (Å²) in [6, 6.07) is 23.8. The highest BCUT2D eigenvalue weighted by atomic mass is 79.9. The van der Waals surface area contributed by atoms with E-state index >= 15 is 0 Å². The molecule has 1 aromatic heterocycles. The summed E-state index contributed by atoms with van der Waals surface area (Å²) in [4.78, 5) is 30.4.